The van der Waals surface area contributed by atoms with E-state index in [2.05, 4.69) is 20.4 Å². The third kappa shape index (κ3) is 4.15. The molecular weight excluding hydrogens is 494 g/mol. The van der Waals surface area contributed by atoms with Gasteiger partial charge in [0.15, 0.2) is 5.82 Å². The molecule has 13 heteroatoms. The second-order valence-corrected chi connectivity index (χ2v) is 9.33. The average molecular weight is 520 g/mol. The van der Waals surface area contributed by atoms with Crippen LogP contribution in [-0.4, -0.2) is 87.1 Å². The molecule has 0 saturated carbocycles. The van der Waals surface area contributed by atoms with E-state index in [9.17, 15) is 17.6 Å². The molecule has 1 atom stereocenters. The fraction of sp³-hybridized carbons (Fsp3) is 0.458. The van der Waals surface area contributed by atoms with Gasteiger partial charge in [0.25, 0.3) is 5.92 Å². The minimum Gasteiger partial charge on any atom is -0.479 e. The van der Waals surface area contributed by atoms with E-state index in [1.165, 1.54) is 24.0 Å². The molecule has 0 amide bonds. The Morgan fingerprint density at radius 2 is 2.11 bits per heavy atom. The number of nitrogens with one attached hydrogen (secondary N) is 1. The Labute approximate surface area is 209 Å². The van der Waals surface area contributed by atoms with E-state index < -0.39 is 24.5 Å². The van der Waals surface area contributed by atoms with Gasteiger partial charge in [0, 0.05) is 18.3 Å². The lowest BCUT2D eigenvalue weighted by Crippen LogP contribution is -2.61. The van der Waals surface area contributed by atoms with Gasteiger partial charge in [0.05, 0.1) is 57.3 Å². The zero-order chi connectivity index (χ0) is 25.7. The van der Waals surface area contributed by atoms with E-state index in [1.54, 1.807) is 27.8 Å². The normalized spacial score (nSPS) is 20.4. The Bertz CT molecular complexity index is 1450. The van der Waals surface area contributed by atoms with Crippen LogP contribution < -0.4 is 10.1 Å². The highest BCUT2D eigenvalue weighted by Crippen LogP contribution is 2.35. The van der Waals surface area contributed by atoms with Crippen molar-refractivity contribution in [1.29, 1.82) is 0 Å². The van der Waals surface area contributed by atoms with Crippen molar-refractivity contribution in [2.24, 2.45) is 0 Å². The Morgan fingerprint density at radius 3 is 2.81 bits per heavy atom. The van der Waals surface area contributed by atoms with Gasteiger partial charge in [-0.05, 0) is 30.2 Å². The van der Waals surface area contributed by atoms with Crippen molar-refractivity contribution in [3.8, 4) is 17.0 Å². The first-order valence-electron chi connectivity index (χ1n) is 12.0. The average Bonchev–Trinajstić information content (AvgIpc) is 3.44. The first-order chi connectivity index (χ1) is 17.9. The van der Waals surface area contributed by atoms with Crippen LogP contribution in [0, 0.1) is 5.82 Å². The van der Waals surface area contributed by atoms with Crippen LogP contribution in [0.25, 0.3) is 27.7 Å². The molecule has 0 unspecified atom stereocenters. The molecule has 5 heterocycles. The van der Waals surface area contributed by atoms with E-state index in [1.807, 2.05) is 0 Å². The molecule has 37 heavy (non-hydrogen) atoms. The second-order valence-electron chi connectivity index (χ2n) is 9.33. The summed E-state index contributed by atoms with van der Waals surface area (Å²) in [6.45, 7) is 0.554. The third-order valence-electron chi connectivity index (χ3n) is 7.06. The summed E-state index contributed by atoms with van der Waals surface area (Å²) in [4.78, 5) is 10.2. The van der Waals surface area contributed by atoms with Gasteiger partial charge in [-0.1, -0.05) is 0 Å². The van der Waals surface area contributed by atoms with Gasteiger partial charge in [-0.2, -0.15) is 4.98 Å². The molecule has 6 rings (SSSR count). The zero-order valence-corrected chi connectivity index (χ0v) is 20.0. The number of benzene rings is 1. The van der Waals surface area contributed by atoms with Gasteiger partial charge in [-0.15, -0.1) is 5.10 Å². The number of nitrogens with zero attached hydrogens (tertiary/aromatic N) is 6. The number of methoxy groups -OCH3 is 1. The predicted molar refractivity (Wildman–Crippen MR) is 127 cm³/mol. The fourth-order valence-electron chi connectivity index (χ4n) is 5.02. The highest BCUT2D eigenvalue weighted by atomic mass is 19.3. The lowest BCUT2D eigenvalue weighted by Gasteiger charge is -2.44. The molecule has 3 aromatic heterocycles. The topological polar surface area (TPSA) is 81.7 Å². The van der Waals surface area contributed by atoms with Crippen molar-refractivity contribution in [3.05, 3.63) is 36.5 Å². The molecule has 2 aliphatic heterocycles. The number of aromatic nitrogens is 5. The Balaban J connectivity index is 1.32. The molecule has 2 saturated heterocycles. The number of imidazole rings is 1. The molecule has 0 spiro atoms. The van der Waals surface area contributed by atoms with Gasteiger partial charge < -0.3 is 19.4 Å². The molecule has 2 fully saturated rings. The summed E-state index contributed by atoms with van der Waals surface area (Å²) in [6, 6.07) is 3.65. The fourth-order valence-corrected chi connectivity index (χ4v) is 5.02. The number of likely N-dealkylation sites (tertiary alicyclic amines) is 1. The number of hydrogen-bond acceptors (Lipinski definition) is 7. The standard InChI is InChI=1S/C24H25F4N7O2/c1-36-22-21-16(14-8-17(26)20-18(9-14)34(7-4-25)13-29-20)2-6-35(21)32-23(31-22)30-19-3-5-33(12-24(19,27)28)15-10-37-11-15/h2,6,8-9,13,15,19H,3-5,7,10-12H2,1H3,(H,30,32)/t19-/m1/s1. The number of hydrogen-bond donors (Lipinski definition) is 1. The Kier molecular flexibility index (Phi) is 5.91. The van der Waals surface area contributed by atoms with Crippen LogP contribution in [0.3, 0.4) is 0 Å². The number of fused-ring (bicyclic) bond motifs is 2. The summed E-state index contributed by atoms with van der Waals surface area (Å²) in [5, 5.41) is 7.18. The summed E-state index contributed by atoms with van der Waals surface area (Å²) in [7, 11) is 1.41. The van der Waals surface area contributed by atoms with Crippen LogP contribution in [0.2, 0.25) is 0 Å². The molecule has 4 aromatic rings. The van der Waals surface area contributed by atoms with Gasteiger partial charge in [-0.3, -0.25) is 4.90 Å². The maximum Gasteiger partial charge on any atom is 0.280 e. The van der Waals surface area contributed by atoms with Gasteiger partial charge >= 0.3 is 0 Å². The van der Waals surface area contributed by atoms with Gasteiger partial charge in [0.2, 0.25) is 11.8 Å². The maximum absolute atomic E-state index is 15.0. The predicted octanol–water partition coefficient (Wildman–Crippen LogP) is 3.38. The maximum atomic E-state index is 15.0. The summed E-state index contributed by atoms with van der Waals surface area (Å²) in [6.07, 6.45) is 3.24. The number of halogens is 4. The Morgan fingerprint density at radius 1 is 1.27 bits per heavy atom. The molecule has 0 bridgehead atoms. The lowest BCUT2D eigenvalue weighted by molar-refractivity contribution is -0.131. The molecule has 196 valence electrons. The van der Waals surface area contributed by atoms with Crippen molar-refractivity contribution in [1.82, 2.24) is 29.0 Å². The monoisotopic (exact) mass is 519 g/mol. The van der Waals surface area contributed by atoms with Crippen molar-refractivity contribution in [3.63, 3.8) is 0 Å². The van der Waals surface area contributed by atoms with Crippen LogP contribution in [-0.2, 0) is 11.3 Å². The van der Waals surface area contributed by atoms with Gasteiger partial charge in [-0.25, -0.2) is 27.1 Å². The first kappa shape index (κ1) is 23.9. The van der Waals surface area contributed by atoms with E-state index in [0.717, 1.165) is 0 Å². The molecule has 1 N–H and O–H groups in total. The SMILES string of the molecule is COc1nc(N[C@@H]2CCN(C3COC3)CC2(F)F)nn2ccc(-c3cc(F)c4ncn(CCF)c4c3)c12. The van der Waals surface area contributed by atoms with Crippen molar-refractivity contribution >= 4 is 22.5 Å². The quantitative estimate of drug-likeness (QED) is 0.375. The van der Waals surface area contributed by atoms with Crippen molar-refractivity contribution < 1.29 is 27.0 Å². The van der Waals surface area contributed by atoms with Crippen LogP contribution in [0.4, 0.5) is 23.5 Å². The minimum atomic E-state index is -2.99. The van der Waals surface area contributed by atoms with Crippen LogP contribution in [0.5, 0.6) is 5.88 Å². The molecule has 0 aliphatic carbocycles. The molecule has 1 aromatic carbocycles. The summed E-state index contributed by atoms with van der Waals surface area (Å²) in [5.41, 5.74) is 2.10. The van der Waals surface area contributed by atoms with Crippen LogP contribution in [0.15, 0.2) is 30.7 Å². The Hall–Kier alpha value is -3.45. The highest BCUT2D eigenvalue weighted by Gasteiger charge is 2.47. The molecule has 2 aliphatic rings. The van der Waals surface area contributed by atoms with Gasteiger partial charge in [0.1, 0.15) is 17.7 Å². The number of ether oxygens (including phenoxy) is 2. The van der Waals surface area contributed by atoms with E-state index >= 15 is 0 Å². The van der Waals surface area contributed by atoms with Crippen molar-refractivity contribution in [2.75, 3.05) is 45.4 Å². The lowest BCUT2D eigenvalue weighted by atomic mass is 9.98. The third-order valence-corrected chi connectivity index (χ3v) is 7.06. The molecule has 9 nitrogen and oxygen atoms in total. The number of anilines is 1. The number of rotatable bonds is 7. The largest absolute Gasteiger partial charge is 0.479 e. The molecular formula is C24H25F4N7O2. The van der Waals surface area contributed by atoms with E-state index in [0.29, 0.717) is 41.9 Å². The first-order valence-corrected chi connectivity index (χ1v) is 12.0. The highest BCUT2D eigenvalue weighted by molar-refractivity contribution is 5.90. The summed E-state index contributed by atoms with van der Waals surface area (Å²) >= 11 is 0. The van der Waals surface area contributed by atoms with E-state index in [4.69, 9.17) is 9.47 Å². The van der Waals surface area contributed by atoms with Crippen LogP contribution in [0.1, 0.15) is 6.42 Å². The smallest absolute Gasteiger partial charge is 0.280 e. The summed E-state index contributed by atoms with van der Waals surface area (Å²) in [5.74, 6) is -3.40. The van der Waals surface area contributed by atoms with Crippen LogP contribution >= 0.6 is 0 Å². The van der Waals surface area contributed by atoms with E-state index in [-0.39, 0.29) is 42.9 Å². The summed E-state index contributed by atoms with van der Waals surface area (Å²) < 4.78 is 71.4. The number of alkyl halides is 3. The number of aryl methyl sites for hydroxylation is 1. The molecule has 0 radical (unpaired) electrons. The zero-order valence-electron chi connectivity index (χ0n) is 20.0. The second kappa shape index (κ2) is 9.14. The van der Waals surface area contributed by atoms with Crippen molar-refractivity contribution in [2.45, 2.75) is 31.0 Å². The minimum absolute atomic E-state index is 0.000688. The number of piperidine rings is 1.